The third-order valence-electron chi connectivity index (χ3n) is 3.11. The third-order valence-corrected chi connectivity index (χ3v) is 3.11. The van der Waals surface area contributed by atoms with Gasteiger partial charge in [0, 0.05) is 13.5 Å². The summed E-state index contributed by atoms with van der Waals surface area (Å²) in [5.74, 6) is 0.466. The van der Waals surface area contributed by atoms with Gasteiger partial charge in [0.2, 0.25) is 5.91 Å². The summed E-state index contributed by atoms with van der Waals surface area (Å²) in [4.78, 5) is 17.7. The zero-order valence-electron chi connectivity index (χ0n) is 11.4. The number of carbonyl (C=O) groups excluding carboxylic acids is 1. The molecule has 1 N–H and O–H groups in total. The van der Waals surface area contributed by atoms with Crippen LogP contribution in [0.3, 0.4) is 0 Å². The van der Waals surface area contributed by atoms with E-state index < -0.39 is 0 Å². The SMILES string of the molecule is CC(=O)Nc1cccc(COCCN2CCCC2)n1. The largest absolute Gasteiger partial charge is 0.374 e. The Bertz CT molecular complexity index is 417. The summed E-state index contributed by atoms with van der Waals surface area (Å²) in [6.45, 7) is 6.07. The fourth-order valence-corrected chi connectivity index (χ4v) is 2.19. The van der Waals surface area contributed by atoms with E-state index in [4.69, 9.17) is 4.74 Å². The maximum absolute atomic E-state index is 10.9. The number of rotatable bonds is 6. The van der Waals surface area contributed by atoms with Gasteiger partial charge in [-0.1, -0.05) is 6.07 Å². The van der Waals surface area contributed by atoms with E-state index in [1.54, 1.807) is 6.07 Å². The number of carbonyl (C=O) groups is 1. The van der Waals surface area contributed by atoms with Gasteiger partial charge in [-0.15, -0.1) is 0 Å². The number of nitrogens with zero attached hydrogens (tertiary/aromatic N) is 2. The average molecular weight is 263 g/mol. The maximum Gasteiger partial charge on any atom is 0.222 e. The van der Waals surface area contributed by atoms with E-state index in [0.717, 1.165) is 18.8 Å². The van der Waals surface area contributed by atoms with Crippen molar-refractivity contribution in [1.82, 2.24) is 9.88 Å². The molecule has 0 radical (unpaired) electrons. The van der Waals surface area contributed by atoms with Crippen LogP contribution in [0.1, 0.15) is 25.5 Å². The molecule has 1 aliphatic heterocycles. The van der Waals surface area contributed by atoms with E-state index in [0.29, 0.717) is 12.4 Å². The second-order valence-electron chi connectivity index (χ2n) is 4.80. The fourth-order valence-electron chi connectivity index (χ4n) is 2.19. The summed E-state index contributed by atoms with van der Waals surface area (Å²) in [5.41, 5.74) is 0.840. The molecule has 5 heteroatoms. The Morgan fingerprint density at radius 2 is 2.21 bits per heavy atom. The van der Waals surface area contributed by atoms with Crippen molar-refractivity contribution in [2.75, 3.05) is 31.6 Å². The van der Waals surface area contributed by atoms with Gasteiger partial charge in [-0.05, 0) is 38.1 Å². The summed E-state index contributed by atoms with van der Waals surface area (Å²) in [6.07, 6.45) is 2.61. The highest BCUT2D eigenvalue weighted by Gasteiger charge is 2.10. The second kappa shape index (κ2) is 7.21. The average Bonchev–Trinajstić information content (AvgIpc) is 2.87. The highest BCUT2D eigenvalue weighted by Crippen LogP contribution is 2.08. The van der Waals surface area contributed by atoms with Crippen LogP contribution in [0.15, 0.2) is 18.2 Å². The lowest BCUT2D eigenvalue weighted by molar-refractivity contribution is -0.114. The van der Waals surface area contributed by atoms with Crippen molar-refractivity contribution in [2.45, 2.75) is 26.4 Å². The molecule has 1 aromatic heterocycles. The van der Waals surface area contributed by atoms with Gasteiger partial charge in [-0.25, -0.2) is 4.98 Å². The van der Waals surface area contributed by atoms with E-state index in [-0.39, 0.29) is 5.91 Å². The van der Waals surface area contributed by atoms with E-state index in [1.165, 1.54) is 32.9 Å². The summed E-state index contributed by atoms with van der Waals surface area (Å²) in [6, 6.07) is 5.55. The Morgan fingerprint density at radius 1 is 1.42 bits per heavy atom. The van der Waals surface area contributed by atoms with Crippen molar-refractivity contribution in [1.29, 1.82) is 0 Å². The number of likely N-dealkylation sites (tertiary alicyclic amines) is 1. The first-order valence-electron chi connectivity index (χ1n) is 6.77. The van der Waals surface area contributed by atoms with E-state index in [1.807, 2.05) is 12.1 Å². The first kappa shape index (κ1) is 14.0. The molecule has 1 fully saturated rings. The molecule has 1 amide bonds. The van der Waals surface area contributed by atoms with Gasteiger partial charge < -0.3 is 15.0 Å². The summed E-state index contributed by atoms with van der Waals surface area (Å²) in [7, 11) is 0. The monoisotopic (exact) mass is 263 g/mol. The van der Waals surface area contributed by atoms with E-state index in [9.17, 15) is 4.79 Å². The Labute approximate surface area is 114 Å². The number of pyridine rings is 1. The van der Waals surface area contributed by atoms with Crippen LogP contribution in [0.25, 0.3) is 0 Å². The van der Waals surface area contributed by atoms with Crippen molar-refractivity contribution >= 4 is 11.7 Å². The number of anilines is 1. The first-order valence-corrected chi connectivity index (χ1v) is 6.77. The van der Waals surface area contributed by atoms with Crippen molar-refractivity contribution in [2.24, 2.45) is 0 Å². The molecule has 0 spiro atoms. The minimum Gasteiger partial charge on any atom is -0.374 e. The van der Waals surface area contributed by atoms with Crippen LogP contribution in [0.5, 0.6) is 0 Å². The minimum atomic E-state index is -0.111. The quantitative estimate of drug-likeness (QED) is 0.793. The molecule has 104 valence electrons. The zero-order chi connectivity index (χ0) is 13.5. The number of hydrogen-bond donors (Lipinski definition) is 1. The maximum atomic E-state index is 10.9. The molecule has 1 aromatic rings. The van der Waals surface area contributed by atoms with Gasteiger partial charge >= 0.3 is 0 Å². The number of aromatic nitrogens is 1. The van der Waals surface area contributed by atoms with Crippen molar-refractivity contribution in [3.63, 3.8) is 0 Å². The molecule has 2 rings (SSSR count). The van der Waals surface area contributed by atoms with Crippen LogP contribution >= 0.6 is 0 Å². The smallest absolute Gasteiger partial charge is 0.222 e. The van der Waals surface area contributed by atoms with Crippen LogP contribution < -0.4 is 5.32 Å². The standard InChI is InChI=1S/C14H21N3O2/c1-12(18)15-14-6-4-5-13(16-14)11-19-10-9-17-7-2-3-8-17/h4-6H,2-3,7-11H2,1H3,(H,15,16,18). The number of nitrogens with one attached hydrogen (secondary N) is 1. The van der Waals surface area contributed by atoms with Gasteiger partial charge in [-0.2, -0.15) is 0 Å². The van der Waals surface area contributed by atoms with Gasteiger partial charge in [0.15, 0.2) is 0 Å². The molecular weight excluding hydrogens is 242 g/mol. The van der Waals surface area contributed by atoms with Crippen molar-refractivity contribution in [3.8, 4) is 0 Å². The summed E-state index contributed by atoms with van der Waals surface area (Å²) < 4.78 is 5.62. The molecule has 0 aromatic carbocycles. The zero-order valence-corrected chi connectivity index (χ0v) is 11.4. The Kier molecular flexibility index (Phi) is 5.30. The third kappa shape index (κ3) is 4.96. The molecule has 1 aliphatic rings. The molecule has 5 nitrogen and oxygen atoms in total. The Morgan fingerprint density at radius 3 is 2.95 bits per heavy atom. The Hall–Kier alpha value is -1.46. The van der Waals surface area contributed by atoms with Crippen LogP contribution in [0, 0.1) is 0 Å². The number of ether oxygens (including phenoxy) is 1. The summed E-state index contributed by atoms with van der Waals surface area (Å²) >= 11 is 0. The molecule has 19 heavy (non-hydrogen) atoms. The van der Waals surface area contributed by atoms with Crippen LogP contribution in [-0.2, 0) is 16.1 Å². The lowest BCUT2D eigenvalue weighted by Crippen LogP contribution is -2.24. The molecular formula is C14H21N3O2. The van der Waals surface area contributed by atoms with Gasteiger partial charge in [-0.3, -0.25) is 4.79 Å². The molecule has 0 aliphatic carbocycles. The lowest BCUT2D eigenvalue weighted by atomic mass is 10.3. The molecule has 0 saturated carbocycles. The summed E-state index contributed by atoms with van der Waals surface area (Å²) in [5, 5.41) is 2.67. The van der Waals surface area contributed by atoms with E-state index >= 15 is 0 Å². The van der Waals surface area contributed by atoms with Crippen LogP contribution in [0.2, 0.25) is 0 Å². The fraction of sp³-hybridized carbons (Fsp3) is 0.571. The topological polar surface area (TPSA) is 54.5 Å². The van der Waals surface area contributed by atoms with Crippen molar-refractivity contribution < 1.29 is 9.53 Å². The molecule has 0 bridgehead atoms. The lowest BCUT2D eigenvalue weighted by Gasteiger charge is -2.14. The normalized spacial score (nSPS) is 15.6. The highest BCUT2D eigenvalue weighted by molar-refractivity contribution is 5.87. The predicted molar refractivity (Wildman–Crippen MR) is 73.9 cm³/mol. The molecule has 1 saturated heterocycles. The van der Waals surface area contributed by atoms with Crippen LogP contribution in [0.4, 0.5) is 5.82 Å². The van der Waals surface area contributed by atoms with Crippen molar-refractivity contribution in [3.05, 3.63) is 23.9 Å². The first-order chi connectivity index (χ1) is 9.24. The van der Waals surface area contributed by atoms with Gasteiger partial charge in [0.05, 0.1) is 18.9 Å². The number of hydrogen-bond acceptors (Lipinski definition) is 4. The van der Waals surface area contributed by atoms with Crippen LogP contribution in [-0.4, -0.2) is 42.0 Å². The molecule has 2 heterocycles. The molecule has 0 unspecified atom stereocenters. The minimum absolute atomic E-state index is 0.111. The second-order valence-corrected chi connectivity index (χ2v) is 4.80. The van der Waals surface area contributed by atoms with Gasteiger partial charge in [0.1, 0.15) is 5.82 Å². The molecule has 0 atom stereocenters. The van der Waals surface area contributed by atoms with E-state index in [2.05, 4.69) is 15.2 Å². The highest BCUT2D eigenvalue weighted by atomic mass is 16.5. The van der Waals surface area contributed by atoms with Gasteiger partial charge in [0.25, 0.3) is 0 Å². The number of amides is 1. The predicted octanol–water partition coefficient (Wildman–Crippen LogP) is 1.65. The Balaban J connectivity index is 1.71.